The first-order valence-electron chi connectivity index (χ1n) is 6.46. The molecule has 0 aromatic carbocycles. The fourth-order valence-corrected chi connectivity index (χ4v) is 3.11. The first-order chi connectivity index (χ1) is 8.26. The van der Waals surface area contributed by atoms with Gasteiger partial charge in [0.05, 0.1) is 4.34 Å². The van der Waals surface area contributed by atoms with E-state index in [1.54, 1.807) is 11.3 Å². The second-order valence-corrected chi connectivity index (χ2v) is 6.28. The molecule has 1 rings (SSSR count). The Morgan fingerprint density at radius 2 is 2.06 bits per heavy atom. The van der Waals surface area contributed by atoms with Gasteiger partial charge in [0.15, 0.2) is 0 Å². The van der Waals surface area contributed by atoms with E-state index in [2.05, 4.69) is 18.4 Å². The van der Waals surface area contributed by atoms with E-state index in [0.717, 1.165) is 17.2 Å². The Morgan fingerprint density at radius 3 is 2.65 bits per heavy atom. The molecule has 4 heteroatoms. The molecule has 0 bridgehead atoms. The molecule has 3 N–H and O–H groups in total. The van der Waals surface area contributed by atoms with Gasteiger partial charge < -0.3 is 0 Å². The number of hydrazine groups is 1. The summed E-state index contributed by atoms with van der Waals surface area (Å²) < 4.78 is 0.860. The molecule has 0 radical (unpaired) electrons. The molecule has 2 nitrogen and oxygen atoms in total. The number of nitrogens with one attached hydrogen (secondary N) is 1. The minimum absolute atomic E-state index is 0.381. The maximum absolute atomic E-state index is 5.92. The van der Waals surface area contributed by atoms with Crippen molar-refractivity contribution in [2.75, 3.05) is 0 Å². The normalized spacial score (nSPS) is 12.9. The molecule has 1 heterocycles. The molecule has 1 aromatic rings. The van der Waals surface area contributed by atoms with Crippen molar-refractivity contribution < 1.29 is 0 Å². The van der Waals surface area contributed by atoms with Crippen LogP contribution in [0.3, 0.4) is 0 Å². The van der Waals surface area contributed by atoms with Crippen molar-refractivity contribution in [3.63, 3.8) is 0 Å². The minimum atomic E-state index is 0.381. The zero-order valence-electron chi connectivity index (χ0n) is 10.5. The topological polar surface area (TPSA) is 38.0 Å². The molecular weight excluding hydrogens is 252 g/mol. The highest BCUT2D eigenvalue weighted by molar-refractivity contribution is 7.16. The summed E-state index contributed by atoms with van der Waals surface area (Å²) in [5.41, 5.74) is 2.91. The summed E-state index contributed by atoms with van der Waals surface area (Å²) in [7, 11) is 0. The van der Waals surface area contributed by atoms with Gasteiger partial charge in [-0.15, -0.1) is 11.3 Å². The number of unbranched alkanes of at least 4 members (excludes halogenated alkanes) is 4. The third kappa shape index (κ3) is 6.41. The van der Waals surface area contributed by atoms with Gasteiger partial charge in [0.25, 0.3) is 0 Å². The van der Waals surface area contributed by atoms with Crippen molar-refractivity contribution >= 4 is 22.9 Å². The van der Waals surface area contributed by atoms with Crippen molar-refractivity contribution in [3.05, 3.63) is 21.3 Å². The van der Waals surface area contributed by atoms with Crippen LogP contribution in [0.4, 0.5) is 0 Å². The molecule has 0 spiro atoms. The number of rotatable bonds is 9. The second-order valence-electron chi connectivity index (χ2n) is 4.48. The standard InChI is InChI=1S/C13H23ClN2S/c1-2-3-4-5-6-7-11(16-15)10-12-8-9-13(14)17-12/h8-9,11,16H,2-7,10,15H2,1H3. The quantitative estimate of drug-likeness (QED) is 0.404. The van der Waals surface area contributed by atoms with E-state index in [9.17, 15) is 0 Å². The van der Waals surface area contributed by atoms with Crippen LogP contribution in [0.2, 0.25) is 4.34 Å². The monoisotopic (exact) mass is 274 g/mol. The Labute approximate surface area is 114 Å². The number of hydrogen-bond acceptors (Lipinski definition) is 3. The van der Waals surface area contributed by atoms with Crippen LogP contribution in [-0.4, -0.2) is 6.04 Å². The lowest BCUT2D eigenvalue weighted by molar-refractivity contribution is 0.463. The summed E-state index contributed by atoms with van der Waals surface area (Å²) in [6.07, 6.45) is 8.70. The minimum Gasteiger partial charge on any atom is -0.271 e. The highest BCUT2D eigenvalue weighted by Gasteiger charge is 2.09. The van der Waals surface area contributed by atoms with E-state index < -0.39 is 0 Å². The number of halogens is 1. The van der Waals surface area contributed by atoms with Crippen LogP contribution in [0.25, 0.3) is 0 Å². The number of hydrogen-bond donors (Lipinski definition) is 2. The second kappa shape index (κ2) is 8.92. The number of thiophene rings is 1. The summed E-state index contributed by atoms with van der Waals surface area (Å²) in [5, 5.41) is 0. The molecule has 0 saturated carbocycles. The molecule has 1 atom stereocenters. The first-order valence-corrected chi connectivity index (χ1v) is 7.66. The van der Waals surface area contributed by atoms with Crippen LogP contribution in [-0.2, 0) is 6.42 Å². The smallest absolute Gasteiger partial charge is 0.0931 e. The first kappa shape index (κ1) is 15.0. The van der Waals surface area contributed by atoms with Crippen LogP contribution < -0.4 is 11.3 Å². The zero-order chi connectivity index (χ0) is 12.5. The van der Waals surface area contributed by atoms with Crippen LogP contribution in [0.15, 0.2) is 12.1 Å². The van der Waals surface area contributed by atoms with Gasteiger partial charge in [0, 0.05) is 10.9 Å². The molecule has 0 aliphatic rings. The highest BCUT2D eigenvalue weighted by atomic mass is 35.5. The Kier molecular flexibility index (Phi) is 7.86. The van der Waals surface area contributed by atoms with Gasteiger partial charge in [-0.1, -0.05) is 50.6 Å². The third-order valence-electron chi connectivity index (χ3n) is 2.97. The maximum atomic E-state index is 5.92. The summed E-state index contributed by atoms with van der Waals surface area (Å²) >= 11 is 7.56. The van der Waals surface area contributed by atoms with E-state index >= 15 is 0 Å². The van der Waals surface area contributed by atoms with Crippen molar-refractivity contribution in [1.29, 1.82) is 0 Å². The van der Waals surface area contributed by atoms with Gasteiger partial charge in [-0.05, 0) is 25.0 Å². The fraction of sp³-hybridized carbons (Fsp3) is 0.692. The average Bonchev–Trinajstić information content (AvgIpc) is 2.73. The Morgan fingerprint density at radius 1 is 1.29 bits per heavy atom. The van der Waals surface area contributed by atoms with Crippen molar-refractivity contribution in [2.45, 2.75) is 57.9 Å². The fourth-order valence-electron chi connectivity index (χ4n) is 1.94. The van der Waals surface area contributed by atoms with Gasteiger partial charge in [0.2, 0.25) is 0 Å². The molecular formula is C13H23ClN2S. The van der Waals surface area contributed by atoms with Crippen LogP contribution in [0, 0.1) is 0 Å². The lowest BCUT2D eigenvalue weighted by atomic mass is 10.0. The third-order valence-corrected chi connectivity index (χ3v) is 4.22. The molecule has 1 aromatic heterocycles. The molecule has 0 amide bonds. The lowest BCUT2D eigenvalue weighted by Gasteiger charge is -2.14. The van der Waals surface area contributed by atoms with Crippen molar-refractivity contribution in [2.24, 2.45) is 5.84 Å². The molecule has 17 heavy (non-hydrogen) atoms. The summed E-state index contributed by atoms with van der Waals surface area (Å²) in [5.74, 6) is 5.59. The van der Waals surface area contributed by atoms with Gasteiger partial charge in [-0.2, -0.15) is 0 Å². The van der Waals surface area contributed by atoms with E-state index in [1.165, 1.54) is 37.0 Å². The van der Waals surface area contributed by atoms with Crippen LogP contribution in [0.1, 0.15) is 50.3 Å². The highest BCUT2D eigenvalue weighted by Crippen LogP contribution is 2.23. The Balaban J connectivity index is 2.19. The molecule has 0 saturated heterocycles. The molecule has 1 unspecified atom stereocenters. The van der Waals surface area contributed by atoms with Crippen molar-refractivity contribution in [3.8, 4) is 0 Å². The van der Waals surface area contributed by atoms with Gasteiger partial charge >= 0.3 is 0 Å². The molecule has 98 valence electrons. The summed E-state index contributed by atoms with van der Waals surface area (Å²) in [6.45, 7) is 2.24. The maximum Gasteiger partial charge on any atom is 0.0931 e. The molecule has 0 aliphatic heterocycles. The zero-order valence-corrected chi connectivity index (χ0v) is 12.1. The van der Waals surface area contributed by atoms with Gasteiger partial charge in [0.1, 0.15) is 0 Å². The summed E-state index contributed by atoms with van der Waals surface area (Å²) in [6, 6.07) is 4.43. The van der Waals surface area contributed by atoms with Gasteiger partial charge in [-0.3, -0.25) is 11.3 Å². The van der Waals surface area contributed by atoms with Crippen LogP contribution in [0.5, 0.6) is 0 Å². The average molecular weight is 275 g/mol. The predicted octanol–water partition coefficient (Wildman–Crippen LogP) is 4.14. The SMILES string of the molecule is CCCCCCCC(Cc1ccc(Cl)s1)NN. The number of nitrogens with two attached hydrogens (primary N) is 1. The Bertz CT molecular complexity index is 301. The molecule has 0 aliphatic carbocycles. The van der Waals surface area contributed by atoms with E-state index in [4.69, 9.17) is 17.4 Å². The van der Waals surface area contributed by atoms with Crippen molar-refractivity contribution in [1.82, 2.24) is 5.43 Å². The van der Waals surface area contributed by atoms with Crippen LogP contribution >= 0.6 is 22.9 Å². The Hall–Kier alpha value is -0.0900. The van der Waals surface area contributed by atoms with E-state index in [0.29, 0.717) is 6.04 Å². The molecule has 0 fully saturated rings. The van der Waals surface area contributed by atoms with Gasteiger partial charge in [-0.25, -0.2) is 0 Å². The predicted molar refractivity (Wildman–Crippen MR) is 77.5 cm³/mol. The largest absolute Gasteiger partial charge is 0.271 e. The van der Waals surface area contributed by atoms with E-state index in [-0.39, 0.29) is 0 Å². The summed E-state index contributed by atoms with van der Waals surface area (Å²) in [4.78, 5) is 1.31. The van der Waals surface area contributed by atoms with E-state index in [1.807, 2.05) is 6.07 Å². The lowest BCUT2D eigenvalue weighted by Crippen LogP contribution is -2.36.